The molecule has 5 aromatic rings. The summed E-state index contributed by atoms with van der Waals surface area (Å²) < 4.78 is 8.59. The molecule has 37 heavy (non-hydrogen) atoms. The summed E-state index contributed by atoms with van der Waals surface area (Å²) in [5.74, 6) is 0.858. The first-order valence-corrected chi connectivity index (χ1v) is 12.2. The van der Waals surface area contributed by atoms with Crippen molar-refractivity contribution in [2.75, 3.05) is 11.9 Å². The standard InChI is InChI=1S/C26H24ClN7O3/c1-3-4-13-37-20-11-5-17(6-12-20)24(35)29-22-14-16(2)32-34(22)26-30-23-21(25(36)31-26)15-28-33(23)19-9-7-18(27)8-10-19/h5-12,14-15H,3-4,13H2,1-2H3,(H,29,35)(H,30,31,36). The topological polar surface area (TPSA) is 120 Å². The number of aromatic amines is 1. The number of hydrogen-bond donors (Lipinski definition) is 2. The van der Waals surface area contributed by atoms with E-state index in [2.05, 4.69) is 32.4 Å². The molecule has 0 spiro atoms. The number of carbonyl (C=O) groups is 1. The smallest absolute Gasteiger partial charge is 0.263 e. The number of halogens is 1. The third-order valence-electron chi connectivity index (χ3n) is 5.65. The minimum absolute atomic E-state index is 0.135. The molecule has 0 unspecified atom stereocenters. The molecule has 3 aromatic heterocycles. The second kappa shape index (κ2) is 10.3. The number of amides is 1. The molecule has 0 aliphatic rings. The van der Waals surface area contributed by atoms with E-state index in [-0.39, 0.29) is 17.4 Å². The van der Waals surface area contributed by atoms with Crippen LogP contribution in [0.25, 0.3) is 22.7 Å². The first kappa shape index (κ1) is 24.3. The Morgan fingerprint density at radius 1 is 1.11 bits per heavy atom. The third-order valence-corrected chi connectivity index (χ3v) is 5.91. The molecule has 1 amide bonds. The van der Waals surface area contributed by atoms with E-state index in [1.165, 1.54) is 10.9 Å². The van der Waals surface area contributed by atoms with E-state index in [1.54, 1.807) is 66.2 Å². The van der Waals surface area contributed by atoms with Crippen LogP contribution in [0.4, 0.5) is 5.82 Å². The third kappa shape index (κ3) is 5.10. The van der Waals surface area contributed by atoms with Crippen molar-refractivity contribution in [2.45, 2.75) is 26.7 Å². The highest BCUT2D eigenvalue weighted by molar-refractivity contribution is 6.30. The number of H-pyrrole nitrogens is 1. The van der Waals surface area contributed by atoms with Gasteiger partial charge >= 0.3 is 0 Å². The molecule has 11 heteroatoms. The Balaban J connectivity index is 1.45. The maximum absolute atomic E-state index is 13.0. The zero-order valence-electron chi connectivity index (χ0n) is 20.2. The second-order valence-corrected chi connectivity index (χ2v) is 8.86. The van der Waals surface area contributed by atoms with E-state index in [4.69, 9.17) is 16.3 Å². The van der Waals surface area contributed by atoms with Crippen LogP contribution in [-0.4, -0.2) is 42.0 Å². The predicted molar refractivity (Wildman–Crippen MR) is 141 cm³/mol. The van der Waals surface area contributed by atoms with Crippen molar-refractivity contribution in [3.63, 3.8) is 0 Å². The summed E-state index contributed by atoms with van der Waals surface area (Å²) >= 11 is 6.01. The van der Waals surface area contributed by atoms with Gasteiger partial charge in [0.2, 0.25) is 5.95 Å². The Kier molecular flexibility index (Phi) is 6.74. The molecular formula is C26H24ClN7O3. The maximum Gasteiger partial charge on any atom is 0.263 e. The number of benzene rings is 2. The van der Waals surface area contributed by atoms with Crippen LogP contribution in [0.5, 0.6) is 5.75 Å². The molecular weight excluding hydrogens is 494 g/mol. The first-order valence-electron chi connectivity index (χ1n) is 11.8. The molecule has 0 saturated heterocycles. The molecule has 0 aliphatic carbocycles. The molecule has 5 rings (SSSR count). The van der Waals surface area contributed by atoms with E-state index in [9.17, 15) is 9.59 Å². The van der Waals surface area contributed by atoms with Crippen LogP contribution >= 0.6 is 11.6 Å². The summed E-state index contributed by atoms with van der Waals surface area (Å²) in [5, 5.41) is 12.5. The quantitative estimate of drug-likeness (QED) is 0.288. The summed E-state index contributed by atoms with van der Waals surface area (Å²) in [5.41, 5.74) is 1.72. The molecule has 0 fully saturated rings. The average molecular weight is 518 g/mol. The van der Waals surface area contributed by atoms with E-state index >= 15 is 0 Å². The highest BCUT2D eigenvalue weighted by Gasteiger charge is 2.17. The molecule has 188 valence electrons. The normalized spacial score (nSPS) is 11.1. The van der Waals surface area contributed by atoms with Crippen molar-refractivity contribution in [3.8, 4) is 17.4 Å². The highest BCUT2D eigenvalue weighted by atomic mass is 35.5. The number of unbranched alkanes of at least 4 members (excludes halogenated alkanes) is 1. The van der Waals surface area contributed by atoms with Crippen LogP contribution in [0, 0.1) is 6.92 Å². The van der Waals surface area contributed by atoms with Gasteiger partial charge in [-0.1, -0.05) is 24.9 Å². The van der Waals surface area contributed by atoms with Crippen molar-refractivity contribution in [2.24, 2.45) is 0 Å². The van der Waals surface area contributed by atoms with Gasteiger partial charge in [-0.15, -0.1) is 0 Å². The molecule has 0 atom stereocenters. The van der Waals surface area contributed by atoms with Gasteiger partial charge in [-0.05, 0) is 61.9 Å². The lowest BCUT2D eigenvalue weighted by molar-refractivity contribution is 0.102. The highest BCUT2D eigenvalue weighted by Crippen LogP contribution is 2.20. The maximum atomic E-state index is 13.0. The van der Waals surface area contributed by atoms with Crippen molar-refractivity contribution < 1.29 is 9.53 Å². The zero-order valence-corrected chi connectivity index (χ0v) is 21.0. The van der Waals surface area contributed by atoms with Gasteiger partial charge in [0.25, 0.3) is 11.5 Å². The number of ether oxygens (including phenoxy) is 1. The summed E-state index contributed by atoms with van der Waals surface area (Å²) in [7, 11) is 0. The molecule has 2 N–H and O–H groups in total. The number of carbonyl (C=O) groups excluding carboxylic acids is 1. The number of fused-ring (bicyclic) bond motifs is 1. The fourth-order valence-electron chi connectivity index (χ4n) is 3.75. The van der Waals surface area contributed by atoms with Gasteiger partial charge in [0.15, 0.2) is 5.65 Å². The van der Waals surface area contributed by atoms with Gasteiger partial charge in [-0.2, -0.15) is 19.9 Å². The lowest BCUT2D eigenvalue weighted by Gasteiger charge is -2.10. The fourth-order valence-corrected chi connectivity index (χ4v) is 3.88. The molecule has 3 heterocycles. The molecule has 0 bridgehead atoms. The largest absolute Gasteiger partial charge is 0.494 e. The molecule has 0 radical (unpaired) electrons. The minimum Gasteiger partial charge on any atom is -0.494 e. The van der Waals surface area contributed by atoms with Crippen molar-refractivity contribution in [1.82, 2.24) is 29.5 Å². The molecule has 0 aliphatic heterocycles. The number of rotatable bonds is 8. The van der Waals surface area contributed by atoms with Crippen LogP contribution in [-0.2, 0) is 0 Å². The van der Waals surface area contributed by atoms with Crippen molar-refractivity contribution in [3.05, 3.63) is 87.4 Å². The summed E-state index contributed by atoms with van der Waals surface area (Å²) in [6.07, 6.45) is 3.46. The zero-order chi connectivity index (χ0) is 25.9. The van der Waals surface area contributed by atoms with E-state index in [0.717, 1.165) is 12.8 Å². The lowest BCUT2D eigenvalue weighted by Crippen LogP contribution is -2.19. The summed E-state index contributed by atoms with van der Waals surface area (Å²) in [4.78, 5) is 33.2. The van der Waals surface area contributed by atoms with E-state index in [1.807, 2.05) is 0 Å². The predicted octanol–water partition coefficient (Wildman–Crippen LogP) is 4.69. The Morgan fingerprint density at radius 2 is 1.86 bits per heavy atom. The number of aromatic nitrogens is 6. The Bertz CT molecular complexity index is 1620. The fraction of sp³-hybridized carbons (Fsp3) is 0.192. The monoisotopic (exact) mass is 517 g/mol. The first-order chi connectivity index (χ1) is 17.9. The minimum atomic E-state index is -0.385. The van der Waals surface area contributed by atoms with Gasteiger partial charge < -0.3 is 10.1 Å². The van der Waals surface area contributed by atoms with Gasteiger partial charge in [-0.25, -0.2) is 4.68 Å². The second-order valence-electron chi connectivity index (χ2n) is 8.42. The van der Waals surface area contributed by atoms with Crippen molar-refractivity contribution in [1.29, 1.82) is 0 Å². The van der Waals surface area contributed by atoms with Crippen molar-refractivity contribution >= 4 is 34.4 Å². The van der Waals surface area contributed by atoms with Crippen LogP contribution < -0.4 is 15.6 Å². The van der Waals surface area contributed by atoms with Gasteiger partial charge in [-0.3, -0.25) is 14.6 Å². The van der Waals surface area contributed by atoms with Gasteiger partial charge in [0, 0.05) is 16.7 Å². The number of nitrogens with zero attached hydrogens (tertiary/aromatic N) is 5. The van der Waals surface area contributed by atoms with Crippen LogP contribution in [0.2, 0.25) is 5.02 Å². The average Bonchev–Trinajstić information content (AvgIpc) is 3.48. The van der Waals surface area contributed by atoms with Crippen LogP contribution in [0.15, 0.2) is 65.6 Å². The Morgan fingerprint density at radius 3 is 2.59 bits per heavy atom. The number of aryl methyl sites for hydroxylation is 1. The summed E-state index contributed by atoms with van der Waals surface area (Å²) in [6, 6.07) is 15.6. The number of anilines is 1. The number of nitrogens with one attached hydrogen (secondary N) is 2. The van der Waals surface area contributed by atoms with Gasteiger partial charge in [0.1, 0.15) is 17.0 Å². The lowest BCUT2D eigenvalue weighted by atomic mass is 10.2. The Hall–Kier alpha value is -4.44. The van der Waals surface area contributed by atoms with Gasteiger partial charge in [0.05, 0.1) is 24.2 Å². The molecule has 10 nitrogen and oxygen atoms in total. The van der Waals surface area contributed by atoms with Crippen LogP contribution in [0.3, 0.4) is 0 Å². The molecule has 0 saturated carbocycles. The van der Waals surface area contributed by atoms with Crippen LogP contribution in [0.1, 0.15) is 35.8 Å². The van der Waals surface area contributed by atoms with E-state index in [0.29, 0.717) is 51.2 Å². The van der Waals surface area contributed by atoms with E-state index < -0.39 is 0 Å². The molecule has 2 aromatic carbocycles. The Labute approximate surface area is 216 Å². The summed E-state index contributed by atoms with van der Waals surface area (Å²) in [6.45, 7) is 4.51. The SMILES string of the molecule is CCCCOc1ccc(C(=O)Nc2cc(C)nn2-c2nc3c(cnn3-c3ccc(Cl)cc3)c(=O)[nH]2)cc1. The number of hydrogen-bond acceptors (Lipinski definition) is 6.